The van der Waals surface area contributed by atoms with Gasteiger partial charge in [0.2, 0.25) is 0 Å². The van der Waals surface area contributed by atoms with Crippen molar-refractivity contribution in [2.75, 3.05) is 44.2 Å². The second kappa shape index (κ2) is 15.7. The third kappa shape index (κ3) is 7.29. The molecule has 0 spiro atoms. The maximum absolute atomic E-state index is 14.7. The van der Waals surface area contributed by atoms with Gasteiger partial charge in [0.1, 0.15) is 26.7 Å². The van der Waals surface area contributed by atoms with Gasteiger partial charge in [-0.3, -0.25) is 4.90 Å². The third-order valence-corrected chi connectivity index (χ3v) is 19.3. The fourth-order valence-electron chi connectivity index (χ4n) is 10.3. The van der Waals surface area contributed by atoms with Crippen LogP contribution >= 0.6 is 0 Å². The van der Waals surface area contributed by atoms with E-state index in [1.807, 2.05) is 4.90 Å². The predicted octanol–water partition coefficient (Wildman–Crippen LogP) is 8.05. The molecule has 10 nitrogen and oxygen atoms in total. The lowest BCUT2D eigenvalue weighted by Gasteiger charge is -2.41. The zero-order valence-electron chi connectivity index (χ0n) is 33.1. The Morgan fingerprint density at radius 1 is 1.07 bits per heavy atom. The summed E-state index contributed by atoms with van der Waals surface area (Å²) in [5, 5.41) is 21.6. The van der Waals surface area contributed by atoms with Gasteiger partial charge in [0, 0.05) is 55.5 Å². The molecule has 0 aliphatic carbocycles. The molecule has 5 heterocycles. The highest BCUT2D eigenvalue weighted by Crippen LogP contribution is 2.43. The number of aromatic nitrogens is 2. The van der Waals surface area contributed by atoms with Gasteiger partial charge in [-0.1, -0.05) is 77.8 Å². The van der Waals surface area contributed by atoms with Crippen LogP contribution in [-0.2, 0) is 17.8 Å². The average molecular weight is 767 g/mol. The molecule has 3 saturated heterocycles. The molecule has 0 saturated carbocycles. The summed E-state index contributed by atoms with van der Waals surface area (Å²) in [7, 11) is -1.99. The molecule has 0 radical (unpaired) electrons. The van der Waals surface area contributed by atoms with Gasteiger partial charge in [-0.25, -0.2) is 9.18 Å². The molecule has 55 heavy (non-hydrogen) atoms. The van der Waals surface area contributed by atoms with Crippen molar-refractivity contribution in [3.05, 3.63) is 58.8 Å². The fourth-order valence-corrected chi connectivity index (χ4v) is 15.6. The standard InChI is InChI=1S/C43H55FN6O4Si/c1-28(2)55(29(3)4,30(5)6)21-15-32-11-7-10-31-12-8-13-35(39(31)32)38-22-37-36(26-53-38)40(48-19-20-50(42(51)52)34(25-48)14-17-45)47-41(46-37)54-27-43-16-9-18-49(43)24-33(44)23-43/h7-8,10-13,28-30,33-34,38H,9,14,16,18-20,22-27H2,1-6H3,(H,51,52)/t33-,34+,38?,43+/m1/s1. The van der Waals surface area contributed by atoms with E-state index in [4.69, 9.17) is 19.4 Å². The molecular formula is C43H55FN6O4Si. The van der Waals surface area contributed by atoms with Crippen molar-refractivity contribution < 1.29 is 23.8 Å². The van der Waals surface area contributed by atoms with Crippen LogP contribution in [0.15, 0.2) is 36.4 Å². The molecule has 3 aromatic rings. The van der Waals surface area contributed by atoms with E-state index >= 15 is 0 Å². The molecule has 7 rings (SSSR count). The van der Waals surface area contributed by atoms with Crippen molar-refractivity contribution >= 4 is 30.8 Å². The smallest absolute Gasteiger partial charge is 0.407 e. The number of hydrogen-bond donors (Lipinski definition) is 1. The zero-order chi connectivity index (χ0) is 39.1. The van der Waals surface area contributed by atoms with Crippen molar-refractivity contribution in [1.82, 2.24) is 19.8 Å². The van der Waals surface area contributed by atoms with Crippen LogP contribution in [0.1, 0.15) is 95.7 Å². The van der Waals surface area contributed by atoms with Crippen LogP contribution in [0, 0.1) is 22.8 Å². The number of ether oxygens (including phenoxy) is 2. The lowest BCUT2D eigenvalue weighted by molar-refractivity contribution is 0.0262. The molecular weight excluding hydrogens is 712 g/mol. The van der Waals surface area contributed by atoms with Crippen molar-refractivity contribution in [2.24, 2.45) is 0 Å². The van der Waals surface area contributed by atoms with Gasteiger partial charge in [0.15, 0.2) is 0 Å². The SMILES string of the molecule is CC(C)[Si](C#Cc1cccc2cccc(C3Cc4nc(OC[C@@]56CCCN5C[C@H](F)C6)nc(N5CCN(C(=O)O)[C@@H](CC#N)C5)c4CO3)c12)(C(C)C)C(C)C. The summed E-state index contributed by atoms with van der Waals surface area (Å²) in [5.41, 5.74) is 8.85. The maximum atomic E-state index is 14.7. The Balaban J connectivity index is 1.26. The Morgan fingerprint density at radius 2 is 1.82 bits per heavy atom. The summed E-state index contributed by atoms with van der Waals surface area (Å²) in [6.07, 6.45) is 0.649. The number of halogens is 1. The molecule has 1 aromatic heterocycles. The summed E-state index contributed by atoms with van der Waals surface area (Å²) in [6.45, 7) is 16.8. The molecule has 12 heteroatoms. The van der Waals surface area contributed by atoms with Gasteiger partial charge < -0.3 is 24.4 Å². The number of nitriles is 1. The van der Waals surface area contributed by atoms with E-state index in [1.165, 1.54) is 4.90 Å². The van der Waals surface area contributed by atoms with Gasteiger partial charge in [0.05, 0.1) is 42.5 Å². The summed E-state index contributed by atoms with van der Waals surface area (Å²) < 4.78 is 27.9. The van der Waals surface area contributed by atoms with E-state index in [9.17, 15) is 19.6 Å². The highest BCUT2D eigenvalue weighted by molar-refractivity contribution is 6.90. The van der Waals surface area contributed by atoms with Crippen molar-refractivity contribution in [2.45, 2.75) is 121 Å². The molecule has 4 aliphatic rings. The number of piperazine rings is 1. The molecule has 1 amide bonds. The van der Waals surface area contributed by atoms with Gasteiger partial charge in [-0.15, -0.1) is 5.54 Å². The minimum Gasteiger partial charge on any atom is -0.465 e. The second-order valence-electron chi connectivity index (χ2n) is 17.0. The maximum Gasteiger partial charge on any atom is 0.407 e. The van der Waals surface area contributed by atoms with Crippen LogP contribution in [-0.4, -0.2) is 96.1 Å². The fraction of sp³-hybridized carbons (Fsp3) is 0.581. The van der Waals surface area contributed by atoms with Gasteiger partial charge in [-0.05, 0) is 53.0 Å². The molecule has 1 N–H and O–H groups in total. The Hall–Kier alpha value is -4.23. The Kier molecular flexibility index (Phi) is 11.2. The van der Waals surface area contributed by atoms with Crippen molar-refractivity contribution in [3.63, 3.8) is 0 Å². The van der Waals surface area contributed by atoms with E-state index in [2.05, 4.69) is 100 Å². The number of carbonyl (C=O) groups is 1. The van der Waals surface area contributed by atoms with Crippen LogP contribution in [0.4, 0.5) is 15.0 Å². The van der Waals surface area contributed by atoms with Crippen LogP contribution in [0.5, 0.6) is 6.01 Å². The van der Waals surface area contributed by atoms with E-state index in [0.717, 1.165) is 52.5 Å². The first-order valence-electron chi connectivity index (χ1n) is 20.1. The quantitative estimate of drug-likeness (QED) is 0.171. The van der Waals surface area contributed by atoms with Gasteiger partial charge in [-0.2, -0.15) is 15.2 Å². The highest BCUT2D eigenvalue weighted by Gasteiger charge is 2.49. The number of amides is 1. The summed E-state index contributed by atoms with van der Waals surface area (Å²) >= 11 is 0. The third-order valence-electron chi connectivity index (χ3n) is 13.0. The largest absolute Gasteiger partial charge is 0.465 e. The van der Waals surface area contributed by atoms with E-state index in [0.29, 0.717) is 61.5 Å². The molecule has 1 unspecified atom stereocenters. The van der Waals surface area contributed by atoms with E-state index < -0.39 is 26.4 Å². The van der Waals surface area contributed by atoms with Crippen LogP contribution in [0.3, 0.4) is 0 Å². The summed E-state index contributed by atoms with van der Waals surface area (Å²) in [4.78, 5) is 27.6. The first kappa shape index (κ1) is 39.0. The summed E-state index contributed by atoms with van der Waals surface area (Å²) in [6, 6.07) is 14.6. The molecule has 4 atom stereocenters. The van der Waals surface area contributed by atoms with Crippen molar-refractivity contribution in [3.8, 4) is 23.5 Å². The molecule has 4 aliphatic heterocycles. The van der Waals surface area contributed by atoms with Crippen LogP contribution in [0.25, 0.3) is 10.8 Å². The molecule has 3 fully saturated rings. The first-order valence-corrected chi connectivity index (χ1v) is 22.3. The highest BCUT2D eigenvalue weighted by atomic mass is 28.3. The van der Waals surface area contributed by atoms with Crippen LogP contribution < -0.4 is 9.64 Å². The lowest BCUT2D eigenvalue weighted by Crippen LogP contribution is -2.55. The monoisotopic (exact) mass is 766 g/mol. The number of fused-ring (bicyclic) bond motifs is 3. The average Bonchev–Trinajstić information content (AvgIpc) is 3.68. The number of anilines is 1. The molecule has 2 aromatic carbocycles. The topological polar surface area (TPSA) is 115 Å². The minimum absolute atomic E-state index is 0.0716. The number of nitrogens with zero attached hydrogens (tertiary/aromatic N) is 6. The van der Waals surface area contributed by atoms with Gasteiger partial charge >= 0.3 is 12.1 Å². The Bertz CT molecular complexity index is 2000. The lowest BCUT2D eigenvalue weighted by atomic mass is 9.92. The number of alkyl halides is 1. The number of hydrogen-bond acceptors (Lipinski definition) is 8. The second-order valence-corrected chi connectivity index (χ2v) is 22.5. The minimum atomic E-state index is -1.99. The molecule has 0 bridgehead atoms. The first-order chi connectivity index (χ1) is 26.4. The number of rotatable bonds is 9. The molecule has 292 valence electrons. The van der Waals surface area contributed by atoms with Crippen molar-refractivity contribution in [1.29, 1.82) is 5.26 Å². The Labute approximate surface area is 326 Å². The van der Waals surface area contributed by atoms with E-state index in [-0.39, 0.29) is 37.2 Å². The number of carboxylic acid groups (broad SMARTS) is 1. The predicted molar refractivity (Wildman–Crippen MR) is 215 cm³/mol. The van der Waals surface area contributed by atoms with Gasteiger partial charge in [0.25, 0.3) is 0 Å². The number of benzene rings is 2. The van der Waals surface area contributed by atoms with E-state index in [1.54, 1.807) is 0 Å². The normalized spacial score (nSPS) is 24.2. The zero-order valence-corrected chi connectivity index (χ0v) is 34.1. The summed E-state index contributed by atoms with van der Waals surface area (Å²) in [5.74, 6) is 4.37. The Morgan fingerprint density at radius 3 is 2.53 bits per heavy atom. The van der Waals surface area contributed by atoms with Crippen LogP contribution in [0.2, 0.25) is 16.6 Å².